The standard InChI is InChI=1S/C19H17N/c20-19-9-5-4-8-18(19)14-15-10-12-17(13-11-15)16-6-2-1-3-7-16/h1-13H,14,20H2. The van der Waals surface area contributed by atoms with Gasteiger partial charge < -0.3 is 5.73 Å². The van der Waals surface area contributed by atoms with Crippen molar-refractivity contribution >= 4 is 5.69 Å². The molecule has 0 bridgehead atoms. The fourth-order valence-corrected chi connectivity index (χ4v) is 2.36. The molecule has 20 heavy (non-hydrogen) atoms. The number of rotatable bonds is 3. The van der Waals surface area contributed by atoms with Crippen LogP contribution in [0, 0.1) is 0 Å². The normalized spacial score (nSPS) is 10.4. The summed E-state index contributed by atoms with van der Waals surface area (Å²) >= 11 is 0. The predicted octanol–water partition coefficient (Wildman–Crippen LogP) is 4.53. The first kappa shape index (κ1) is 12.5. The van der Waals surface area contributed by atoms with Crippen molar-refractivity contribution < 1.29 is 0 Å². The summed E-state index contributed by atoms with van der Waals surface area (Å²) < 4.78 is 0. The van der Waals surface area contributed by atoms with Crippen LogP contribution in [-0.2, 0) is 6.42 Å². The van der Waals surface area contributed by atoms with Crippen LogP contribution in [0.2, 0.25) is 0 Å². The van der Waals surface area contributed by atoms with Gasteiger partial charge in [0, 0.05) is 5.69 Å². The fourth-order valence-electron chi connectivity index (χ4n) is 2.36. The molecule has 0 fully saturated rings. The zero-order valence-corrected chi connectivity index (χ0v) is 11.3. The Morgan fingerprint density at radius 2 is 1.20 bits per heavy atom. The molecule has 3 rings (SSSR count). The van der Waals surface area contributed by atoms with Gasteiger partial charge in [-0.05, 0) is 34.7 Å². The highest BCUT2D eigenvalue weighted by molar-refractivity contribution is 5.63. The van der Waals surface area contributed by atoms with Crippen LogP contribution >= 0.6 is 0 Å². The van der Waals surface area contributed by atoms with Crippen molar-refractivity contribution in [3.8, 4) is 11.1 Å². The molecule has 0 aliphatic rings. The van der Waals surface area contributed by atoms with Crippen LogP contribution in [0.15, 0.2) is 78.9 Å². The molecule has 3 aromatic rings. The summed E-state index contributed by atoms with van der Waals surface area (Å²) in [5.41, 5.74) is 11.8. The molecule has 0 amide bonds. The lowest BCUT2D eigenvalue weighted by molar-refractivity contribution is 1.20. The minimum Gasteiger partial charge on any atom is -0.398 e. The van der Waals surface area contributed by atoms with Gasteiger partial charge in [-0.3, -0.25) is 0 Å². The van der Waals surface area contributed by atoms with E-state index in [9.17, 15) is 0 Å². The Labute approximate surface area is 119 Å². The third kappa shape index (κ3) is 2.72. The Kier molecular flexibility index (Phi) is 3.51. The second-order valence-corrected chi connectivity index (χ2v) is 4.94. The molecule has 0 radical (unpaired) electrons. The number of nitrogen functional groups attached to an aromatic ring is 1. The lowest BCUT2D eigenvalue weighted by Gasteiger charge is -2.07. The first-order chi connectivity index (χ1) is 9.83. The molecule has 3 aromatic carbocycles. The zero-order valence-electron chi connectivity index (χ0n) is 11.3. The molecule has 0 aromatic heterocycles. The van der Waals surface area contributed by atoms with Crippen molar-refractivity contribution in [1.29, 1.82) is 0 Å². The molecule has 0 aliphatic heterocycles. The van der Waals surface area contributed by atoms with Gasteiger partial charge in [0.2, 0.25) is 0 Å². The topological polar surface area (TPSA) is 26.0 Å². The number of hydrogen-bond donors (Lipinski definition) is 1. The van der Waals surface area contributed by atoms with E-state index in [1.165, 1.54) is 22.3 Å². The number of benzene rings is 3. The van der Waals surface area contributed by atoms with E-state index in [1.54, 1.807) is 0 Å². The van der Waals surface area contributed by atoms with Gasteiger partial charge in [-0.1, -0.05) is 72.8 Å². The highest BCUT2D eigenvalue weighted by Gasteiger charge is 2.01. The minimum atomic E-state index is 0.861. The molecule has 1 nitrogen and oxygen atoms in total. The first-order valence-corrected chi connectivity index (χ1v) is 6.81. The summed E-state index contributed by atoms with van der Waals surface area (Å²) in [4.78, 5) is 0. The first-order valence-electron chi connectivity index (χ1n) is 6.81. The Morgan fingerprint density at radius 1 is 0.600 bits per heavy atom. The molecule has 0 unspecified atom stereocenters. The molecule has 0 heterocycles. The van der Waals surface area contributed by atoms with Crippen LogP contribution in [0.3, 0.4) is 0 Å². The number of para-hydroxylation sites is 1. The van der Waals surface area contributed by atoms with Crippen molar-refractivity contribution in [3.05, 3.63) is 90.0 Å². The lowest BCUT2D eigenvalue weighted by atomic mass is 10.00. The molecular weight excluding hydrogens is 242 g/mol. The van der Waals surface area contributed by atoms with E-state index in [4.69, 9.17) is 5.73 Å². The Hall–Kier alpha value is -2.54. The van der Waals surface area contributed by atoms with E-state index in [0.29, 0.717) is 0 Å². The maximum absolute atomic E-state index is 5.99. The van der Waals surface area contributed by atoms with Crippen LogP contribution < -0.4 is 5.73 Å². The zero-order chi connectivity index (χ0) is 13.8. The van der Waals surface area contributed by atoms with Gasteiger partial charge >= 0.3 is 0 Å². The second-order valence-electron chi connectivity index (χ2n) is 4.94. The maximum Gasteiger partial charge on any atom is 0.0349 e. The average Bonchev–Trinajstić information content (AvgIpc) is 2.51. The largest absolute Gasteiger partial charge is 0.398 e. The molecule has 0 atom stereocenters. The lowest BCUT2D eigenvalue weighted by Crippen LogP contribution is -1.95. The molecule has 0 aliphatic carbocycles. The van der Waals surface area contributed by atoms with Gasteiger partial charge in [0.1, 0.15) is 0 Å². The van der Waals surface area contributed by atoms with E-state index in [2.05, 4.69) is 54.6 Å². The highest BCUT2D eigenvalue weighted by atomic mass is 14.6. The molecule has 98 valence electrons. The quantitative estimate of drug-likeness (QED) is 0.687. The molecule has 2 N–H and O–H groups in total. The van der Waals surface area contributed by atoms with E-state index in [-0.39, 0.29) is 0 Å². The highest BCUT2D eigenvalue weighted by Crippen LogP contribution is 2.21. The molecule has 1 heteroatoms. The third-order valence-electron chi connectivity index (χ3n) is 3.51. The number of anilines is 1. The summed E-state index contributed by atoms with van der Waals surface area (Å²) in [6.45, 7) is 0. The van der Waals surface area contributed by atoms with Crippen molar-refractivity contribution in [2.75, 3.05) is 5.73 Å². The fraction of sp³-hybridized carbons (Fsp3) is 0.0526. The SMILES string of the molecule is Nc1ccccc1Cc1ccc(-c2ccccc2)cc1. The molecule has 0 saturated heterocycles. The van der Waals surface area contributed by atoms with Crippen LogP contribution in [0.5, 0.6) is 0 Å². The minimum absolute atomic E-state index is 0.861. The molecule has 0 saturated carbocycles. The third-order valence-corrected chi connectivity index (χ3v) is 3.51. The second kappa shape index (κ2) is 5.62. The van der Waals surface area contributed by atoms with E-state index in [0.717, 1.165) is 12.1 Å². The summed E-state index contributed by atoms with van der Waals surface area (Å²) in [5, 5.41) is 0. The van der Waals surface area contributed by atoms with Gasteiger partial charge in [0.15, 0.2) is 0 Å². The van der Waals surface area contributed by atoms with E-state index >= 15 is 0 Å². The van der Waals surface area contributed by atoms with Crippen LogP contribution in [0.25, 0.3) is 11.1 Å². The van der Waals surface area contributed by atoms with Crippen LogP contribution in [0.4, 0.5) is 5.69 Å². The van der Waals surface area contributed by atoms with Gasteiger partial charge in [0.25, 0.3) is 0 Å². The smallest absolute Gasteiger partial charge is 0.0349 e. The van der Waals surface area contributed by atoms with E-state index in [1.807, 2.05) is 24.3 Å². The summed E-state index contributed by atoms with van der Waals surface area (Å²) in [7, 11) is 0. The van der Waals surface area contributed by atoms with Crippen molar-refractivity contribution in [2.45, 2.75) is 6.42 Å². The van der Waals surface area contributed by atoms with Crippen molar-refractivity contribution in [2.24, 2.45) is 0 Å². The number of nitrogens with two attached hydrogens (primary N) is 1. The Morgan fingerprint density at radius 3 is 1.90 bits per heavy atom. The van der Waals surface area contributed by atoms with Gasteiger partial charge in [-0.2, -0.15) is 0 Å². The maximum atomic E-state index is 5.99. The van der Waals surface area contributed by atoms with Crippen molar-refractivity contribution in [1.82, 2.24) is 0 Å². The van der Waals surface area contributed by atoms with E-state index < -0.39 is 0 Å². The average molecular weight is 259 g/mol. The monoisotopic (exact) mass is 259 g/mol. The van der Waals surface area contributed by atoms with Gasteiger partial charge in [-0.15, -0.1) is 0 Å². The van der Waals surface area contributed by atoms with Gasteiger partial charge in [-0.25, -0.2) is 0 Å². The van der Waals surface area contributed by atoms with Crippen LogP contribution in [-0.4, -0.2) is 0 Å². The van der Waals surface area contributed by atoms with Crippen molar-refractivity contribution in [3.63, 3.8) is 0 Å². The molecule has 0 spiro atoms. The number of hydrogen-bond acceptors (Lipinski definition) is 1. The predicted molar refractivity (Wildman–Crippen MR) is 85.5 cm³/mol. The summed E-state index contributed by atoms with van der Waals surface area (Å²) in [6, 6.07) is 27.2. The summed E-state index contributed by atoms with van der Waals surface area (Å²) in [5.74, 6) is 0. The summed E-state index contributed by atoms with van der Waals surface area (Å²) in [6.07, 6.45) is 0.877. The van der Waals surface area contributed by atoms with Gasteiger partial charge in [0.05, 0.1) is 0 Å². The Balaban J connectivity index is 1.82. The van der Waals surface area contributed by atoms with Crippen LogP contribution in [0.1, 0.15) is 11.1 Å². The Bertz CT molecular complexity index is 684. The molecular formula is C19H17N.